The molecule has 1 aliphatic rings. The number of nitrogens with zero attached hydrogens (tertiary/aromatic N) is 3. The Kier molecular flexibility index (Phi) is 7.24. The van der Waals surface area contributed by atoms with Gasteiger partial charge in [-0.3, -0.25) is 4.79 Å². The quantitative estimate of drug-likeness (QED) is 0.680. The number of benzene rings is 1. The van der Waals surface area contributed by atoms with Crippen LogP contribution >= 0.6 is 0 Å². The molecule has 3 rings (SSSR count). The molecule has 0 unspecified atom stereocenters. The van der Waals surface area contributed by atoms with E-state index >= 15 is 0 Å². The molecule has 0 bridgehead atoms. The fraction of sp³-hybridized carbons (Fsp3) is 0.476. The molecule has 1 saturated heterocycles. The van der Waals surface area contributed by atoms with Crippen LogP contribution in [0.5, 0.6) is 11.6 Å². The predicted molar refractivity (Wildman–Crippen MR) is 110 cm³/mol. The number of hydrogen-bond donors (Lipinski definition) is 1. The molecule has 2 aromatic rings. The summed E-state index contributed by atoms with van der Waals surface area (Å²) in [6.07, 6.45) is 0.0982. The summed E-state index contributed by atoms with van der Waals surface area (Å²) in [7, 11) is 0. The highest BCUT2D eigenvalue weighted by Gasteiger charge is 2.14. The van der Waals surface area contributed by atoms with Crippen molar-refractivity contribution >= 4 is 11.7 Å². The number of amides is 1. The van der Waals surface area contributed by atoms with E-state index in [1.807, 2.05) is 26.8 Å². The van der Waals surface area contributed by atoms with Gasteiger partial charge in [0.1, 0.15) is 24.0 Å². The van der Waals surface area contributed by atoms with Crippen LogP contribution in [0.1, 0.15) is 30.0 Å². The monoisotopic (exact) mass is 400 g/mol. The Morgan fingerprint density at radius 1 is 1.21 bits per heavy atom. The second kappa shape index (κ2) is 10.1. The number of carbonyl (C=O) groups excluding carboxylic acids is 1. The van der Waals surface area contributed by atoms with E-state index in [0.717, 1.165) is 24.7 Å². The average molecular weight is 400 g/mol. The van der Waals surface area contributed by atoms with Gasteiger partial charge >= 0.3 is 0 Å². The summed E-state index contributed by atoms with van der Waals surface area (Å²) in [4.78, 5) is 23.2. The number of ether oxygens (including phenoxy) is 3. The molecule has 1 N–H and O–H groups in total. The molecule has 8 heteroatoms. The van der Waals surface area contributed by atoms with E-state index in [1.165, 1.54) is 0 Å². The number of carbonyl (C=O) groups is 1. The molecule has 0 atom stereocenters. The summed E-state index contributed by atoms with van der Waals surface area (Å²) in [5.74, 6) is 2.58. The van der Waals surface area contributed by atoms with Crippen molar-refractivity contribution in [1.29, 1.82) is 0 Å². The molecule has 156 valence electrons. The van der Waals surface area contributed by atoms with Crippen LogP contribution in [0.15, 0.2) is 30.3 Å². The molecule has 1 aromatic heterocycles. The van der Waals surface area contributed by atoms with Gasteiger partial charge in [0.15, 0.2) is 0 Å². The Balaban J connectivity index is 1.47. The standard InChI is InChI=1S/C21H28N4O4/c1-15(2)29-18-6-4-17(5-7-18)21(26)22-8-11-28-20-14-19(23-16(3)24-20)25-9-12-27-13-10-25/h4-7,14-15H,8-13H2,1-3H3,(H,22,26). The van der Waals surface area contributed by atoms with Crippen molar-refractivity contribution in [2.24, 2.45) is 0 Å². The molecular formula is C21H28N4O4. The molecule has 1 amide bonds. The van der Waals surface area contributed by atoms with E-state index in [1.54, 1.807) is 24.3 Å². The van der Waals surface area contributed by atoms with Gasteiger partial charge in [0.25, 0.3) is 5.91 Å². The largest absolute Gasteiger partial charge is 0.491 e. The second-order valence-corrected chi connectivity index (χ2v) is 7.01. The summed E-state index contributed by atoms with van der Waals surface area (Å²) in [6, 6.07) is 8.91. The van der Waals surface area contributed by atoms with Crippen molar-refractivity contribution in [2.75, 3.05) is 44.4 Å². The van der Waals surface area contributed by atoms with E-state index in [9.17, 15) is 4.79 Å². The number of morpholine rings is 1. The Hall–Kier alpha value is -2.87. The van der Waals surface area contributed by atoms with Gasteiger partial charge in [-0.05, 0) is 45.0 Å². The third-order valence-corrected chi connectivity index (χ3v) is 4.26. The van der Waals surface area contributed by atoms with Crippen molar-refractivity contribution in [3.63, 3.8) is 0 Å². The molecule has 1 aliphatic heterocycles. The maximum Gasteiger partial charge on any atom is 0.251 e. The SMILES string of the molecule is Cc1nc(OCCNC(=O)c2ccc(OC(C)C)cc2)cc(N2CCOCC2)n1. The Morgan fingerprint density at radius 3 is 2.62 bits per heavy atom. The van der Waals surface area contributed by atoms with Gasteiger partial charge < -0.3 is 24.4 Å². The first-order chi connectivity index (χ1) is 14.0. The first kappa shape index (κ1) is 20.9. The lowest BCUT2D eigenvalue weighted by Gasteiger charge is -2.28. The zero-order valence-electron chi connectivity index (χ0n) is 17.2. The van der Waals surface area contributed by atoms with Crippen LogP contribution in [-0.4, -0.2) is 61.4 Å². The van der Waals surface area contributed by atoms with Crippen LogP contribution in [0, 0.1) is 6.92 Å². The number of rotatable bonds is 8. The third-order valence-electron chi connectivity index (χ3n) is 4.26. The van der Waals surface area contributed by atoms with Crippen molar-refractivity contribution < 1.29 is 19.0 Å². The molecule has 1 aromatic carbocycles. The van der Waals surface area contributed by atoms with Gasteiger partial charge in [-0.25, -0.2) is 4.98 Å². The molecular weight excluding hydrogens is 372 g/mol. The van der Waals surface area contributed by atoms with Crippen LogP contribution in [-0.2, 0) is 4.74 Å². The number of hydrogen-bond acceptors (Lipinski definition) is 7. The van der Waals surface area contributed by atoms with E-state index in [4.69, 9.17) is 14.2 Å². The van der Waals surface area contributed by atoms with E-state index in [-0.39, 0.29) is 12.0 Å². The first-order valence-electron chi connectivity index (χ1n) is 9.87. The molecule has 0 aliphatic carbocycles. The minimum Gasteiger partial charge on any atom is -0.491 e. The summed E-state index contributed by atoms with van der Waals surface area (Å²) in [5, 5.41) is 2.85. The lowest BCUT2D eigenvalue weighted by atomic mass is 10.2. The third kappa shape index (κ3) is 6.32. The van der Waals surface area contributed by atoms with Crippen molar-refractivity contribution in [3.05, 3.63) is 41.7 Å². The number of aromatic nitrogens is 2. The van der Waals surface area contributed by atoms with E-state index in [2.05, 4.69) is 20.2 Å². The van der Waals surface area contributed by atoms with Gasteiger partial charge in [0.05, 0.1) is 25.9 Å². The molecule has 8 nitrogen and oxygen atoms in total. The average Bonchev–Trinajstić information content (AvgIpc) is 2.71. The van der Waals surface area contributed by atoms with E-state index in [0.29, 0.717) is 43.6 Å². The maximum atomic E-state index is 12.3. The smallest absolute Gasteiger partial charge is 0.251 e. The summed E-state index contributed by atoms with van der Waals surface area (Å²) < 4.78 is 16.7. The minimum atomic E-state index is -0.155. The normalized spacial score (nSPS) is 14.0. The maximum absolute atomic E-state index is 12.3. The van der Waals surface area contributed by atoms with Gasteiger partial charge in [0, 0.05) is 24.7 Å². The van der Waals surface area contributed by atoms with Crippen molar-refractivity contribution in [2.45, 2.75) is 26.9 Å². The van der Waals surface area contributed by atoms with Crippen molar-refractivity contribution in [1.82, 2.24) is 15.3 Å². The fourth-order valence-electron chi connectivity index (χ4n) is 2.93. The number of aryl methyl sites for hydroxylation is 1. The fourth-order valence-corrected chi connectivity index (χ4v) is 2.93. The van der Waals surface area contributed by atoms with Crippen LogP contribution in [0.2, 0.25) is 0 Å². The summed E-state index contributed by atoms with van der Waals surface area (Å²) in [6.45, 7) is 9.43. The first-order valence-corrected chi connectivity index (χ1v) is 9.87. The molecule has 0 spiro atoms. The zero-order valence-corrected chi connectivity index (χ0v) is 17.2. The summed E-state index contributed by atoms with van der Waals surface area (Å²) >= 11 is 0. The van der Waals surface area contributed by atoms with Gasteiger partial charge in [-0.2, -0.15) is 4.98 Å². The van der Waals surface area contributed by atoms with Gasteiger partial charge in [0.2, 0.25) is 5.88 Å². The Bertz CT molecular complexity index is 805. The van der Waals surface area contributed by atoms with Crippen LogP contribution in [0.25, 0.3) is 0 Å². The lowest BCUT2D eigenvalue weighted by Crippen LogP contribution is -2.37. The highest BCUT2D eigenvalue weighted by molar-refractivity contribution is 5.94. The van der Waals surface area contributed by atoms with Crippen LogP contribution < -0.4 is 19.7 Å². The highest BCUT2D eigenvalue weighted by Crippen LogP contribution is 2.18. The Labute approximate surface area is 171 Å². The summed E-state index contributed by atoms with van der Waals surface area (Å²) in [5.41, 5.74) is 0.577. The number of nitrogens with one attached hydrogen (secondary N) is 1. The molecule has 2 heterocycles. The second-order valence-electron chi connectivity index (χ2n) is 7.01. The predicted octanol–water partition coefficient (Wildman–Crippen LogP) is 2.22. The zero-order chi connectivity index (χ0) is 20.6. The topological polar surface area (TPSA) is 85.8 Å². The molecule has 29 heavy (non-hydrogen) atoms. The van der Waals surface area contributed by atoms with Crippen LogP contribution in [0.4, 0.5) is 5.82 Å². The van der Waals surface area contributed by atoms with Gasteiger partial charge in [-0.1, -0.05) is 0 Å². The number of anilines is 1. The molecule has 1 fully saturated rings. The van der Waals surface area contributed by atoms with Crippen LogP contribution in [0.3, 0.4) is 0 Å². The Morgan fingerprint density at radius 2 is 1.93 bits per heavy atom. The molecule has 0 saturated carbocycles. The lowest BCUT2D eigenvalue weighted by molar-refractivity contribution is 0.0946. The van der Waals surface area contributed by atoms with Gasteiger partial charge in [-0.15, -0.1) is 0 Å². The molecule has 0 radical (unpaired) electrons. The highest BCUT2D eigenvalue weighted by atomic mass is 16.5. The van der Waals surface area contributed by atoms with Crippen molar-refractivity contribution in [3.8, 4) is 11.6 Å². The minimum absolute atomic E-state index is 0.0982. The van der Waals surface area contributed by atoms with E-state index < -0.39 is 0 Å².